The predicted octanol–water partition coefficient (Wildman–Crippen LogP) is 2.49. The summed E-state index contributed by atoms with van der Waals surface area (Å²) in [6.45, 7) is 3.04. The average Bonchev–Trinajstić information content (AvgIpc) is 3.05. The molecule has 2 aromatic rings. The van der Waals surface area contributed by atoms with E-state index in [1.807, 2.05) is 18.5 Å². The molecule has 0 aliphatic rings. The van der Waals surface area contributed by atoms with Crippen LogP contribution in [0.4, 0.5) is 0 Å². The molecule has 5 heteroatoms. The highest BCUT2D eigenvalue weighted by Crippen LogP contribution is 2.23. The molecule has 0 amide bonds. The number of nitrogens with two attached hydrogens (primary N) is 1. The number of thiophene rings is 1. The summed E-state index contributed by atoms with van der Waals surface area (Å²) in [5.74, 6) is 1.03. The van der Waals surface area contributed by atoms with E-state index in [-0.39, 0.29) is 0 Å². The van der Waals surface area contributed by atoms with Gasteiger partial charge in [-0.1, -0.05) is 6.07 Å². The van der Waals surface area contributed by atoms with E-state index in [0.717, 1.165) is 31.6 Å². The molecule has 0 aromatic carbocycles. The van der Waals surface area contributed by atoms with E-state index in [0.29, 0.717) is 6.54 Å². The summed E-state index contributed by atoms with van der Waals surface area (Å²) < 4.78 is 2.17. The van der Waals surface area contributed by atoms with Crippen molar-refractivity contribution in [1.29, 1.82) is 0 Å². The number of hydrogen-bond donors (Lipinski definition) is 2. The topological polar surface area (TPSA) is 64.1 Å². The Kier molecular flexibility index (Phi) is 4.74. The van der Waals surface area contributed by atoms with Gasteiger partial charge in [-0.2, -0.15) is 0 Å². The molecule has 0 bridgehead atoms. The molecule has 104 valence electrons. The van der Waals surface area contributed by atoms with Crippen LogP contribution in [0.1, 0.15) is 26.2 Å². The van der Waals surface area contributed by atoms with E-state index in [2.05, 4.69) is 21.0 Å². The highest BCUT2D eigenvalue weighted by molar-refractivity contribution is 7.13. The van der Waals surface area contributed by atoms with Gasteiger partial charge in [0.05, 0.1) is 10.5 Å². The lowest BCUT2D eigenvalue weighted by atomic mass is 9.99. The zero-order valence-corrected chi connectivity index (χ0v) is 12.1. The third-order valence-corrected chi connectivity index (χ3v) is 4.13. The summed E-state index contributed by atoms with van der Waals surface area (Å²) in [4.78, 5) is 5.60. The van der Waals surface area contributed by atoms with Crippen molar-refractivity contribution >= 4 is 11.3 Å². The van der Waals surface area contributed by atoms with Crippen molar-refractivity contribution in [1.82, 2.24) is 9.55 Å². The second kappa shape index (κ2) is 6.32. The van der Waals surface area contributed by atoms with Gasteiger partial charge in [-0.05, 0) is 37.6 Å². The summed E-state index contributed by atoms with van der Waals surface area (Å²) in [7, 11) is 0. The van der Waals surface area contributed by atoms with Gasteiger partial charge in [0.2, 0.25) is 0 Å². The molecule has 0 radical (unpaired) electrons. The Morgan fingerprint density at radius 2 is 2.32 bits per heavy atom. The highest BCUT2D eigenvalue weighted by Gasteiger charge is 2.16. The monoisotopic (exact) mass is 279 g/mol. The van der Waals surface area contributed by atoms with Gasteiger partial charge < -0.3 is 15.4 Å². The molecule has 19 heavy (non-hydrogen) atoms. The fourth-order valence-corrected chi connectivity index (χ4v) is 2.75. The van der Waals surface area contributed by atoms with Crippen LogP contribution in [-0.2, 0) is 6.54 Å². The predicted molar refractivity (Wildman–Crippen MR) is 79.1 cm³/mol. The van der Waals surface area contributed by atoms with Crippen LogP contribution in [0.3, 0.4) is 0 Å². The summed E-state index contributed by atoms with van der Waals surface area (Å²) in [5, 5.41) is 11.9. The largest absolute Gasteiger partial charge is 0.389 e. The van der Waals surface area contributed by atoms with Gasteiger partial charge in [0.1, 0.15) is 5.82 Å². The molecule has 1 atom stereocenters. The molecule has 1 unspecified atom stereocenters. The van der Waals surface area contributed by atoms with Crippen LogP contribution in [0.25, 0.3) is 10.7 Å². The molecule has 0 saturated heterocycles. The van der Waals surface area contributed by atoms with Crippen molar-refractivity contribution in [2.24, 2.45) is 5.73 Å². The van der Waals surface area contributed by atoms with Crippen molar-refractivity contribution in [3.05, 3.63) is 29.9 Å². The second-order valence-corrected chi connectivity index (χ2v) is 6.03. The first kappa shape index (κ1) is 14.2. The number of hydrogen-bond acceptors (Lipinski definition) is 4. The maximum Gasteiger partial charge on any atom is 0.149 e. The smallest absolute Gasteiger partial charge is 0.149 e. The molecular weight excluding hydrogens is 258 g/mol. The number of aryl methyl sites for hydroxylation is 1. The van der Waals surface area contributed by atoms with E-state index < -0.39 is 5.60 Å². The van der Waals surface area contributed by atoms with E-state index in [1.165, 1.54) is 4.88 Å². The molecule has 3 N–H and O–H groups in total. The van der Waals surface area contributed by atoms with Gasteiger partial charge in [-0.15, -0.1) is 11.3 Å². The van der Waals surface area contributed by atoms with Crippen LogP contribution in [0, 0.1) is 0 Å². The van der Waals surface area contributed by atoms with Gasteiger partial charge in [0, 0.05) is 25.5 Å². The zero-order valence-electron chi connectivity index (χ0n) is 11.2. The van der Waals surface area contributed by atoms with Crippen molar-refractivity contribution in [3.8, 4) is 10.7 Å². The minimum absolute atomic E-state index is 0.318. The molecule has 4 nitrogen and oxygen atoms in total. The van der Waals surface area contributed by atoms with Crippen LogP contribution in [-0.4, -0.2) is 26.8 Å². The van der Waals surface area contributed by atoms with Gasteiger partial charge >= 0.3 is 0 Å². The van der Waals surface area contributed by atoms with Gasteiger partial charge in [-0.3, -0.25) is 0 Å². The summed E-state index contributed by atoms with van der Waals surface area (Å²) in [6, 6.07) is 4.13. The Bertz CT molecular complexity index is 491. The minimum atomic E-state index is -0.731. The molecule has 2 rings (SSSR count). The maximum absolute atomic E-state index is 9.84. The molecule has 0 saturated carbocycles. The molecule has 2 heterocycles. The zero-order chi connectivity index (χ0) is 13.7. The Hall–Kier alpha value is -1.17. The number of aromatic nitrogens is 2. The molecule has 0 spiro atoms. The lowest BCUT2D eigenvalue weighted by molar-refractivity contribution is 0.0570. The minimum Gasteiger partial charge on any atom is -0.389 e. The number of imidazole rings is 1. The molecule has 0 aliphatic carbocycles. The first-order chi connectivity index (χ1) is 9.12. The van der Waals surface area contributed by atoms with E-state index >= 15 is 0 Å². The van der Waals surface area contributed by atoms with Crippen LogP contribution >= 0.6 is 11.3 Å². The molecule has 2 aromatic heterocycles. The van der Waals surface area contributed by atoms with Crippen LogP contribution in [0.15, 0.2) is 29.9 Å². The quantitative estimate of drug-likeness (QED) is 0.765. The van der Waals surface area contributed by atoms with Crippen LogP contribution < -0.4 is 5.73 Å². The van der Waals surface area contributed by atoms with Crippen molar-refractivity contribution in [2.75, 3.05) is 6.54 Å². The molecular formula is C14H21N3OS. The first-order valence-electron chi connectivity index (χ1n) is 6.60. The Morgan fingerprint density at radius 1 is 1.47 bits per heavy atom. The lowest BCUT2D eigenvalue weighted by Gasteiger charge is -2.20. The van der Waals surface area contributed by atoms with Gasteiger partial charge in [0.25, 0.3) is 0 Å². The lowest BCUT2D eigenvalue weighted by Crippen LogP contribution is -2.33. The third-order valence-electron chi connectivity index (χ3n) is 3.26. The SMILES string of the molecule is CC(O)(CN)CCCCn1ccnc1-c1cccs1. The number of rotatable bonds is 7. The number of nitrogens with zero attached hydrogens (tertiary/aromatic N) is 2. The van der Waals surface area contributed by atoms with Crippen molar-refractivity contribution in [2.45, 2.75) is 38.3 Å². The fraction of sp³-hybridized carbons (Fsp3) is 0.500. The van der Waals surface area contributed by atoms with Crippen molar-refractivity contribution < 1.29 is 5.11 Å². The Labute approximate surface area is 117 Å². The average molecular weight is 279 g/mol. The van der Waals surface area contributed by atoms with Gasteiger partial charge in [0.15, 0.2) is 0 Å². The summed E-state index contributed by atoms with van der Waals surface area (Å²) in [6.07, 6.45) is 6.57. The maximum atomic E-state index is 9.84. The fourth-order valence-electron chi connectivity index (χ4n) is 2.01. The number of unbranched alkanes of at least 4 members (excludes halogenated alkanes) is 1. The van der Waals surface area contributed by atoms with E-state index in [9.17, 15) is 5.11 Å². The first-order valence-corrected chi connectivity index (χ1v) is 7.48. The molecule has 0 fully saturated rings. The second-order valence-electron chi connectivity index (χ2n) is 5.08. The van der Waals surface area contributed by atoms with E-state index in [4.69, 9.17) is 5.73 Å². The molecule has 0 aliphatic heterocycles. The summed E-state index contributed by atoms with van der Waals surface area (Å²) in [5.41, 5.74) is 4.78. The Balaban J connectivity index is 1.86. The Morgan fingerprint density at radius 3 is 3.00 bits per heavy atom. The highest BCUT2D eigenvalue weighted by atomic mass is 32.1. The van der Waals surface area contributed by atoms with Gasteiger partial charge in [-0.25, -0.2) is 4.98 Å². The summed E-state index contributed by atoms with van der Waals surface area (Å²) >= 11 is 1.70. The third kappa shape index (κ3) is 3.89. The van der Waals surface area contributed by atoms with Crippen LogP contribution in [0.2, 0.25) is 0 Å². The van der Waals surface area contributed by atoms with Crippen molar-refractivity contribution in [3.63, 3.8) is 0 Å². The normalized spacial score (nSPS) is 14.5. The van der Waals surface area contributed by atoms with Crippen LogP contribution in [0.5, 0.6) is 0 Å². The van der Waals surface area contributed by atoms with E-state index in [1.54, 1.807) is 18.3 Å². The number of aliphatic hydroxyl groups is 1. The standard InChI is InChI=1S/C14H21N3OS/c1-14(18,11-15)6-2-3-8-17-9-7-16-13(17)12-5-4-10-19-12/h4-5,7,9-10,18H,2-3,6,8,11,15H2,1H3.